The maximum absolute atomic E-state index is 12.7. The van der Waals surface area contributed by atoms with Gasteiger partial charge in [0.1, 0.15) is 5.82 Å². The van der Waals surface area contributed by atoms with Gasteiger partial charge >= 0.3 is 0 Å². The van der Waals surface area contributed by atoms with Crippen molar-refractivity contribution in [1.29, 1.82) is 0 Å². The Morgan fingerprint density at radius 2 is 1.93 bits per heavy atom. The minimum Gasteiger partial charge on any atom is -0.335 e. The molecule has 0 aromatic heterocycles. The fraction of sp³-hybridized carbons (Fsp3) is 0.364. The maximum Gasteiger partial charge on any atom is 0.161 e. The number of amidine groups is 1. The molecule has 0 aliphatic heterocycles. The quantitative estimate of drug-likeness (QED) is 0.617. The monoisotopic (exact) mass is 226 g/mol. The summed E-state index contributed by atoms with van der Waals surface area (Å²) in [6, 6.07) is 6.24. The maximum atomic E-state index is 12.7. The van der Waals surface area contributed by atoms with Crippen molar-refractivity contribution in [2.24, 2.45) is 4.99 Å². The lowest BCUT2D eigenvalue weighted by molar-refractivity contribution is 0.628. The molecule has 1 rings (SSSR count). The Labute approximate surface area is 94.0 Å². The molecule has 0 atom stereocenters. The summed E-state index contributed by atoms with van der Waals surface area (Å²) in [4.78, 5) is 4.12. The number of nitrogens with one attached hydrogen (secondary N) is 1. The first-order chi connectivity index (χ1) is 7.11. The second kappa shape index (κ2) is 5.75. The molecule has 0 spiro atoms. The molecule has 0 saturated carbocycles. The van der Waals surface area contributed by atoms with Crippen LogP contribution in [0, 0.1) is 5.82 Å². The highest BCUT2D eigenvalue weighted by Gasteiger charge is 2.03. The molecule has 0 fully saturated rings. The molecular weight excluding hydrogens is 211 g/mol. The van der Waals surface area contributed by atoms with Gasteiger partial charge in [-0.15, -0.1) is 0 Å². The summed E-state index contributed by atoms with van der Waals surface area (Å²) >= 11 is 1.64. The average molecular weight is 226 g/mol. The van der Waals surface area contributed by atoms with Gasteiger partial charge in [-0.1, -0.05) is 25.6 Å². The number of anilines is 1. The zero-order chi connectivity index (χ0) is 11.3. The van der Waals surface area contributed by atoms with Crippen LogP contribution in [0.1, 0.15) is 13.8 Å². The van der Waals surface area contributed by atoms with Crippen LogP contribution < -0.4 is 5.32 Å². The van der Waals surface area contributed by atoms with Gasteiger partial charge in [-0.25, -0.2) is 4.39 Å². The Balaban J connectivity index is 2.63. The SMILES string of the molecule is CN=C(Nc1ccc(F)cc1)SC(C)C. The molecule has 0 amide bonds. The summed E-state index contributed by atoms with van der Waals surface area (Å²) in [5.74, 6) is -0.230. The second-order valence-corrected chi connectivity index (χ2v) is 4.89. The van der Waals surface area contributed by atoms with E-state index in [-0.39, 0.29) is 5.82 Å². The van der Waals surface area contributed by atoms with Gasteiger partial charge in [0.25, 0.3) is 0 Å². The molecule has 15 heavy (non-hydrogen) atoms. The largest absolute Gasteiger partial charge is 0.335 e. The predicted molar refractivity (Wildman–Crippen MR) is 66.1 cm³/mol. The number of benzene rings is 1. The molecule has 0 unspecified atom stereocenters. The second-order valence-electron chi connectivity index (χ2n) is 3.33. The van der Waals surface area contributed by atoms with E-state index in [1.807, 2.05) is 0 Å². The van der Waals surface area contributed by atoms with Crippen LogP contribution in [0.25, 0.3) is 0 Å². The number of nitrogens with zero attached hydrogens (tertiary/aromatic N) is 1. The summed E-state index contributed by atoms with van der Waals surface area (Å²) in [5, 5.41) is 4.45. The lowest BCUT2D eigenvalue weighted by atomic mass is 10.3. The van der Waals surface area contributed by atoms with Crippen LogP contribution in [0.5, 0.6) is 0 Å². The number of thioether (sulfide) groups is 1. The van der Waals surface area contributed by atoms with Gasteiger partial charge in [-0.3, -0.25) is 4.99 Å². The van der Waals surface area contributed by atoms with E-state index in [9.17, 15) is 4.39 Å². The van der Waals surface area contributed by atoms with Crippen molar-refractivity contribution in [2.45, 2.75) is 19.1 Å². The van der Waals surface area contributed by atoms with Gasteiger partial charge < -0.3 is 5.32 Å². The molecule has 1 aromatic carbocycles. The Hall–Kier alpha value is -1.03. The van der Waals surface area contributed by atoms with Crippen LogP contribution in [0.15, 0.2) is 29.3 Å². The van der Waals surface area contributed by atoms with E-state index >= 15 is 0 Å². The highest BCUT2D eigenvalue weighted by molar-refractivity contribution is 8.14. The molecule has 0 aliphatic carbocycles. The zero-order valence-corrected chi connectivity index (χ0v) is 9.94. The normalized spacial score (nSPS) is 11.9. The highest BCUT2D eigenvalue weighted by atomic mass is 32.2. The first-order valence-corrected chi connectivity index (χ1v) is 5.66. The molecule has 0 saturated heterocycles. The van der Waals surface area contributed by atoms with Crippen LogP contribution >= 0.6 is 11.8 Å². The van der Waals surface area contributed by atoms with E-state index in [4.69, 9.17) is 0 Å². The molecule has 4 heteroatoms. The van der Waals surface area contributed by atoms with Crippen molar-refractivity contribution in [2.75, 3.05) is 12.4 Å². The summed E-state index contributed by atoms with van der Waals surface area (Å²) in [7, 11) is 1.74. The Morgan fingerprint density at radius 3 is 2.40 bits per heavy atom. The molecule has 0 heterocycles. The zero-order valence-electron chi connectivity index (χ0n) is 9.12. The van der Waals surface area contributed by atoms with Crippen LogP contribution in [0.4, 0.5) is 10.1 Å². The van der Waals surface area contributed by atoms with Crippen molar-refractivity contribution in [3.05, 3.63) is 30.1 Å². The van der Waals surface area contributed by atoms with Gasteiger partial charge in [0.15, 0.2) is 5.17 Å². The van der Waals surface area contributed by atoms with Crippen LogP contribution in [-0.4, -0.2) is 17.5 Å². The number of rotatable bonds is 2. The molecule has 2 nitrogen and oxygen atoms in total. The molecule has 82 valence electrons. The highest BCUT2D eigenvalue weighted by Crippen LogP contribution is 2.15. The topological polar surface area (TPSA) is 24.4 Å². The number of halogens is 1. The third kappa shape index (κ3) is 4.34. The van der Waals surface area contributed by atoms with Crippen LogP contribution in [0.3, 0.4) is 0 Å². The lowest BCUT2D eigenvalue weighted by Crippen LogP contribution is -2.10. The van der Waals surface area contributed by atoms with Gasteiger partial charge in [0.2, 0.25) is 0 Å². The summed E-state index contributed by atoms with van der Waals surface area (Å²) in [6.07, 6.45) is 0. The number of hydrogen-bond donors (Lipinski definition) is 1. The van der Waals surface area contributed by atoms with E-state index in [1.165, 1.54) is 12.1 Å². The van der Waals surface area contributed by atoms with Crippen molar-refractivity contribution < 1.29 is 4.39 Å². The summed E-state index contributed by atoms with van der Waals surface area (Å²) in [6.45, 7) is 4.20. The van der Waals surface area contributed by atoms with E-state index in [0.29, 0.717) is 5.25 Å². The van der Waals surface area contributed by atoms with Crippen molar-refractivity contribution >= 4 is 22.6 Å². The first-order valence-electron chi connectivity index (χ1n) is 4.78. The molecule has 0 bridgehead atoms. The third-order valence-corrected chi connectivity index (χ3v) is 2.63. The standard InChI is InChI=1S/C11H15FN2S/c1-8(2)15-11(13-3)14-10-6-4-9(12)5-7-10/h4-8H,1-3H3,(H,13,14). The molecule has 0 aliphatic rings. The fourth-order valence-electron chi connectivity index (χ4n) is 1.02. The van der Waals surface area contributed by atoms with E-state index in [2.05, 4.69) is 24.2 Å². The first kappa shape index (κ1) is 12.0. The van der Waals surface area contributed by atoms with Crippen molar-refractivity contribution in [3.63, 3.8) is 0 Å². The number of hydrogen-bond acceptors (Lipinski definition) is 2. The van der Waals surface area contributed by atoms with Crippen molar-refractivity contribution in [1.82, 2.24) is 0 Å². The van der Waals surface area contributed by atoms with E-state index in [0.717, 1.165) is 10.9 Å². The lowest BCUT2D eigenvalue weighted by Gasteiger charge is -2.10. The molecule has 0 radical (unpaired) electrons. The Morgan fingerprint density at radius 1 is 1.33 bits per heavy atom. The molecular formula is C11H15FN2S. The minimum atomic E-state index is -0.230. The van der Waals surface area contributed by atoms with Gasteiger partial charge in [0, 0.05) is 18.0 Å². The molecule has 1 N–H and O–H groups in total. The van der Waals surface area contributed by atoms with Crippen LogP contribution in [0.2, 0.25) is 0 Å². The third-order valence-electron chi connectivity index (χ3n) is 1.65. The minimum absolute atomic E-state index is 0.230. The van der Waals surface area contributed by atoms with Gasteiger partial charge in [-0.05, 0) is 24.3 Å². The van der Waals surface area contributed by atoms with Crippen molar-refractivity contribution in [3.8, 4) is 0 Å². The molecule has 1 aromatic rings. The van der Waals surface area contributed by atoms with E-state index in [1.54, 1.807) is 30.9 Å². The summed E-state index contributed by atoms with van der Waals surface area (Å²) < 4.78 is 12.7. The number of aliphatic imine (C=N–C) groups is 1. The predicted octanol–water partition coefficient (Wildman–Crippen LogP) is 3.37. The summed E-state index contributed by atoms with van der Waals surface area (Å²) in [5.41, 5.74) is 0.852. The average Bonchev–Trinajstić information content (AvgIpc) is 2.19. The smallest absolute Gasteiger partial charge is 0.161 e. The van der Waals surface area contributed by atoms with Gasteiger partial charge in [-0.2, -0.15) is 0 Å². The Bertz CT molecular complexity index is 333. The Kier molecular flexibility index (Phi) is 4.62. The van der Waals surface area contributed by atoms with E-state index < -0.39 is 0 Å². The van der Waals surface area contributed by atoms with Crippen LogP contribution in [-0.2, 0) is 0 Å². The fourth-order valence-corrected chi connectivity index (χ4v) is 1.75. The van der Waals surface area contributed by atoms with Gasteiger partial charge in [0.05, 0.1) is 0 Å².